The third kappa shape index (κ3) is 3.17. The highest BCUT2D eigenvalue weighted by Crippen LogP contribution is 2.59. The Labute approximate surface area is 202 Å². The highest BCUT2D eigenvalue weighted by atomic mass is 19.2. The van der Waals surface area contributed by atoms with Gasteiger partial charge in [-0.25, -0.2) is 26.9 Å². The summed E-state index contributed by atoms with van der Waals surface area (Å²) < 4.78 is 69.8. The van der Waals surface area contributed by atoms with Gasteiger partial charge in [0.1, 0.15) is 23.1 Å². The molecule has 4 atom stereocenters. The van der Waals surface area contributed by atoms with Crippen LogP contribution in [-0.4, -0.2) is 11.8 Å². The molecule has 3 nitrogen and oxygen atoms in total. The van der Waals surface area contributed by atoms with E-state index in [2.05, 4.69) is 0 Å². The quantitative estimate of drug-likeness (QED) is 0.263. The van der Waals surface area contributed by atoms with Gasteiger partial charge in [0.2, 0.25) is 11.8 Å². The van der Waals surface area contributed by atoms with Crippen LogP contribution in [-0.2, 0) is 9.59 Å². The highest BCUT2D eigenvalue weighted by molar-refractivity contribution is 6.23. The van der Waals surface area contributed by atoms with Crippen LogP contribution >= 0.6 is 0 Å². The normalized spacial score (nSPS) is 24.1. The Morgan fingerprint density at radius 1 is 0.611 bits per heavy atom. The zero-order valence-electron chi connectivity index (χ0n) is 18.4. The predicted octanol–water partition coefficient (Wildman–Crippen LogP) is 5.81. The number of imide groups is 1. The van der Waals surface area contributed by atoms with Crippen LogP contribution in [0.1, 0.15) is 11.1 Å². The van der Waals surface area contributed by atoms with Crippen molar-refractivity contribution < 1.29 is 31.5 Å². The molecule has 8 heteroatoms. The minimum atomic E-state index is -1.34. The summed E-state index contributed by atoms with van der Waals surface area (Å²) in [4.78, 5) is 27.3. The Kier molecular flexibility index (Phi) is 4.96. The van der Waals surface area contributed by atoms with Crippen molar-refractivity contribution in [2.75, 3.05) is 4.90 Å². The van der Waals surface area contributed by atoms with Crippen LogP contribution in [0.4, 0.5) is 27.6 Å². The van der Waals surface area contributed by atoms with Gasteiger partial charge in [-0.2, -0.15) is 0 Å². The molecule has 3 aromatic rings. The molecule has 0 spiro atoms. The van der Waals surface area contributed by atoms with Gasteiger partial charge in [0.05, 0.1) is 11.8 Å². The largest absolute Gasteiger partial charge is 0.274 e. The van der Waals surface area contributed by atoms with Gasteiger partial charge < -0.3 is 0 Å². The Bertz CT molecular complexity index is 1390. The van der Waals surface area contributed by atoms with E-state index >= 15 is 0 Å². The number of carbonyl (C=O) groups is 2. The van der Waals surface area contributed by atoms with E-state index in [-0.39, 0.29) is 0 Å². The molecular formula is C28H16F5NO2. The van der Waals surface area contributed by atoms with Crippen molar-refractivity contribution in [2.45, 2.75) is 0 Å². The van der Waals surface area contributed by atoms with Crippen molar-refractivity contribution in [1.82, 2.24) is 0 Å². The fourth-order valence-electron chi connectivity index (χ4n) is 5.80. The zero-order chi connectivity index (χ0) is 25.3. The number of hydrogen-bond acceptors (Lipinski definition) is 2. The number of hydrogen-bond donors (Lipinski definition) is 0. The second kappa shape index (κ2) is 7.98. The average Bonchev–Trinajstić information content (AvgIpc) is 3.46. The average molecular weight is 493 g/mol. The van der Waals surface area contributed by atoms with E-state index in [9.17, 15) is 31.5 Å². The number of carbonyl (C=O) groups excluding carboxylic acids is 2. The van der Waals surface area contributed by atoms with Crippen LogP contribution in [0.15, 0.2) is 78.4 Å². The van der Waals surface area contributed by atoms with Crippen molar-refractivity contribution in [2.24, 2.45) is 23.7 Å². The minimum absolute atomic E-state index is 0.423. The Balaban J connectivity index is 1.49. The number of allylic oxidation sites excluding steroid dienone is 3. The number of fused-ring (bicyclic) bond motifs is 5. The molecule has 1 saturated heterocycles. The first-order valence-corrected chi connectivity index (χ1v) is 11.2. The maximum atomic E-state index is 14.5. The van der Waals surface area contributed by atoms with E-state index in [1.807, 2.05) is 0 Å². The van der Waals surface area contributed by atoms with Crippen LogP contribution in [0.3, 0.4) is 0 Å². The van der Waals surface area contributed by atoms with E-state index in [4.69, 9.17) is 0 Å². The lowest BCUT2D eigenvalue weighted by Crippen LogP contribution is -2.35. The lowest BCUT2D eigenvalue weighted by atomic mass is 9.85. The summed E-state index contributed by atoms with van der Waals surface area (Å²) in [5.41, 5.74) is 1.71. The standard InChI is InChI=1S/C28H16F5NO2/c29-15-5-1-13(2-6-15)22(14-3-7-16(30)8-4-14)23-18-9-10-19(23)25-24(18)27(35)34(28(25)36)26-20(32)11-17(31)12-21(26)33/h1-12,18-19,24-25H/t18-,19-,24-,25-/m1/s1. The summed E-state index contributed by atoms with van der Waals surface area (Å²) in [7, 11) is 0. The van der Waals surface area contributed by atoms with Crippen LogP contribution < -0.4 is 4.90 Å². The topological polar surface area (TPSA) is 37.4 Å². The third-order valence-corrected chi connectivity index (χ3v) is 7.18. The zero-order valence-corrected chi connectivity index (χ0v) is 18.4. The molecule has 2 aliphatic carbocycles. The predicted molar refractivity (Wildman–Crippen MR) is 121 cm³/mol. The first kappa shape index (κ1) is 22.4. The van der Waals surface area contributed by atoms with Gasteiger partial charge in [-0.3, -0.25) is 9.59 Å². The lowest BCUT2D eigenvalue weighted by molar-refractivity contribution is -0.123. The molecule has 1 heterocycles. The second-order valence-corrected chi connectivity index (χ2v) is 9.06. The van der Waals surface area contributed by atoms with E-state index in [0.717, 1.165) is 5.57 Å². The molecular weight excluding hydrogens is 477 g/mol. The van der Waals surface area contributed by atoms with Gasteiger partial charge >= 0.3 is 0 Å². The van der Waals surface area contributed by atoms with Crippen molar-refractivity contribution in [3.05, 3.63) is 119 Å². The van der Waals surface area contributed by atoms with Crippen LogP contribution in [0.25, 0.3) is 5.57 Å². The fraction of sp³-hybridized carbons (Fsp3) is 0.143. The van der Waals surface area contributed by atoms with E-state index < -0.39 is 70.3 Å². The SMILES string of the molecule is O=C1[C@H]2[C@H](C(=O)N1c1c(F)cc(F)cc1F)[C@@H]1C=C[C@@H]2C1=C(c1ccc(F)cc1)c1ccc(F)cc1. The maximum absolute atomic E-state index is 14.5. The summed E-state index contributed by atoms with van der Waals surface area (Å²) in [5.74, 6) is -9.27. The maximum Gasteiger partial charge on any atom is 0.238 e. The molecule has 0 aromatic heterocycles. The second-order valence-electron chi connectivity index (χ2n) is 9.06. The Hall–Kier alpha value is -4.07. The Morgan fingerprint density at radius 2 is 1.03 bits per heavy atom. The van der Waals surface area contributed by atoms with Gasteiger partial charge in [-0.15, -0.1) is 0 Å². The van der Waals surface area contributed by atoms with Gasteiger partial charge in [0.25, 0.3) is 0 Å². The summed E-state index contributed by atoms with van der Waals surface area (Å²) in [6.07, 6.45) is 3.56. The van der Waals surface area contributed by atoms with E-state index in [1.165, 1.54) is 24.3 Å². The summed E-state index contributed by atoms with van der Waals surface area (Å²) in [6.45, 7) is 0. The van der Waals surface area contributed by atoms with Gasteiger partial charge in [0.15, 0.2) is 11.6 Å². The van der Waals surface area contributed by atoms with Gasteiger partial charge in [0, 0.05) is 24.0 Å². The molecule has 1 saturated carbocycles. The van der Waals surface area contributed by atoms with Gasteiger partial charge in [-0.05, 0) is 46.5 Å². The molecule has 36 heavy (non-hydrogen) atoms. The molecule has 3 aromatic carbocycles. The smallest absolute Gasteiger partial charge is 0.238 e. The molecule has 180 valence electrons. The fourth-order valence-corrected chi connectivity index (χ4v) is 5.80. The van der Waals surface area contributed by atoms with Crippen molar-refractivity contribution in [3.8, 4) is 0 Å². The highest BCUT2D eigenvalue weighted by Gasteiger charge is 2.63. The monoisotopic (exact) mass is 493 g/mol. The molecule has 2 amide bonds. The molecule has 3 aliphatic rings. The number of amides is 2. The first-order valence-electron chi connectivity index (χ1n) is 11.2. The third-order valence-electron chi connectivity index (χ3n) is 7.18. The molecule has 1 aliphatic heterocycles. The number of anilines is 1. The van der Waals surface area contributed by atoms with Crippen LogP contribution in [0.5, 0.6) is 0 Å². The number of benzene rings is 3. The van der Waals surface area contributed by atoms with Gasteiger partial charge in [-0.1, -0.05) is 36.4 Å². The Morgan fingerprint density at radius 3 is 1.44 bits per heavy atom. The lowest BCUT2D eigenvalue weighted by Gasteiger charge is -2.22. The van der Waals surface area contributed by atoms with E-state index in [0.29, 0.717) is 33.7 Å². The molecule has 2 fully saturated rings. The minimum Gasteiger partial charge on any atom is -0.274 e. The summed E-state index contributed by atoms with van der Waals surface area (Å²) in [5, 5.41) is 0. The summed E-state index contributed by atoms with van der Waals surface area (Å²) in [6, 6.07) is 12.2. The number of halogens is 5. The van der Waals surface area contributed by atoms with E-state index in [1.54, 1.807) is 36.4 Å². The number of rotatable bonds is 3. The molecule has 6 rings (SSSR count). The van der Waals surface area contributed by atoms with Crippen molar-refractivity contribution in [3.63, 3.8) is 0 Å². The van der Waals surface area contributed by atoms with Crippen molar-refractivity contribution in [1.29, 1.82) is 0 Å². The van der Waals surface area contributed by atoms with Crippen LogP contribution in [0, 0.1) is 52.8 Å². The molecule has 2 bridgehead atoms. The first-order chi connectivity index (χ1) is 17.3. The number of nitrogens with zero attached hydrogens (tertiary/aromatic N) is 1. The summed E-state index contributed by atoms with van der Waals surface area (Å²) >= 11 is 0. The van der Waals surface area contributed by atoms with Crippen molar-refractivity contribution >= 4 is 23.1 Å². The molecule has 0 radical (unpaired) electrons. The molecule has 0 N–H and O–H groups in total. The van der Waals surface area contributed by atoms with Crippen LogP contribution in [0.2, 0.25) is 0 Å². The molecule has 0 unspecified atom stereocenters.